The molecule has 0 bridgehead atoms. The highest BCUT2D eigenvalue weighted by Gasteiger charge is 2.07. The van der Waals surface area contributed by atoms with E-state index in [2.05, 4.69) is 26.5 Å². The smallest absolute Gasteiger partial charge is 0.240 e. The Hall–Kier alpha value is -1.56. The number of methoxy groups -OCH3 is 1. The first-order valence-electron chi connectivity index (χ1n) is 5.46. The number of phenols is 1. The first-order chi connectivity index (χ1) is 8.58. The summed E-state index contributed by atoms with van der Waals surface area (Å²) in [5, 5.41) is 13.4. The Balaban J connectivity index is 2.76. The van der Waals surface area contributed by atoms with Gasteiger partial charge in [0.2, 0.25) is 5.91 Å². The Bertz CT molecular complexity index is 461. The molecule has 18 heavy (non-hydrogen) atoms. The topological polar surface area (TPSA) is 70.9 Å². The van der Waals surface area contributed by atoms with E-state index in [-0.39, 0.29) is 11.7 Å². The number of ether oxygens (including phenoxy) is 1. The zero-order valence-electron chi connectivity index (χ0n) is 10.2. The van der Waals surface area contributed by atoms with E-state index < -0.39 is 0 Å². The molecule has 0 aliphatic rings. The van der Waals surface area contributed by atoms with E-state index in [1.54, 1.807) is 12.1 Å². The number of phenolic OH excluding ortho intramolecular Hbond substituents is 1. The largest absolute Gasteiger partial charge is 0.503 e. The van der Waals surface area contributed by atoms with Crippen LogP contribution in [0.15, 0.2) is 21.7 Å². The molecule has 0 saturated heterocycles. The molecule has 1 aromatic carbocycles. The van der Waals surface area contributed by atoms with Crippen LogP contribution >= 0.6 is 15.9 Å². The summed E-state index contributed by atoms with van der Waals surface area (Å²) in [6, 6.07) is 3.29. The van der Waals surface area contributed by atoms with Crippen molar-refractivity contribution in [1.82, 2.24) is 5.43 Å². The lowest BCUT2D eigenvalue weighted by molar-refractivity contribution is -0.121. The average Bonchev–Trinajstić information content (AvgIpc) is 2.33. The molecule has 0 atom stereocenters. The zero-order valence-corrected chi connectivity index (χ0v) is 11.8. The standard InChI is InChI=1S/C12H15BrN2O3/c1-3-4-11(16)15-14-7-8-5-9(13)12(17)10(6-8)18-2/h5-7,17H,3-4H2,1-2H3,(H,15,16). The molecular formula is C12H15BrN2O3. The minimum absolute atomic E-state index is 0.0321. The summed E-state index contributed by atoms with van der Waals surface area (Å²) < 4.78 is 5.51. The van der Waals surface area contributed by atoms with Gasteiger partial charge in [0.25, 0.3) is 0 Å². The maximum Gasteiger partial charge on any atom is 0.240 e. The van der Waals surface area contributed by atoms with E-state index in [4.69, 9.17) is 4.74 Å². The third-order valence-electron chi connectivity index (χ3n) is 2.15. The third-order valence-corrected chi connectivity index (χ3v) is 2.76. The Kier molecular flexibility index (Phi) is 5.64. The van der Waals surface area contributed by atoms with Gasteiger partial charge in [0.15, 0.2) is 11.5 Å². The monoisotopic (exact) mass is 314 g/mol. The van der Waals surface area contributed by atoms with Crippen molar-refractivity contribution in [2.24, 2.45) is 5.10 Å². The first-order valence-corrected chi connectivity index (χ1v) is 6.26. The van der Waals surface area contributed by atoms with Crippen LogP contribution < -0.4 is 10.2 Å². The van der Waals surface area contributed by atoms with Gasteiger partial charge in [-0.3, -0.25) is 4.79 Å². The minimum atomic E-state index is -0.126. The molecule has 0 aliphatic carbocycles. The minimum Gasteiger partial charge on any atom is -0.503 e. The SMILES string of the molecule is CCCC(=O)NN=Cc1cc(Br)c(O)c(OC)c1. The summed E-state index contributed by atoms with van der Waals surface area (Å²) >= 11 is 3.20. The summed E-state index contributed by atoms with van der Waals surface area (Å²) in [6.07, 6.45) is 2.71. The summed E-state index contributed by atoms with van der Waals surface area (Å²) in [6.45, 7) is 1.92. The molecule has 0 unspecified atom stereocenters. The number of hydrogen-bond donors (Lipinski definition) is 2. The summed E-state index contributed by atoms with van der Waals surface area (Å²) in [5.41, 5.74) is 3.12. The predicted molar refractivity (Wildman–Crippen MR) is 73.0 cm³/mol. The number of nitrogens with one attached hydrogen (secondary N) is 1. The van der Waals surface area contributed by atoms with Crippen LogP contribution in [-0.2, 0) is 4.79 Å². The van der Waals surface area contributed by atoms with Crippen LogP contribution in [0.5, 0.6) is 11.5 Å². The molecule has 1 rings (SSSR count). The highest BCUT2D eigenvalue weighted by atomic mass is 79.9. The molecule has 0 aromatic heterocycles. The molecular weight excluding hydrogens is 300 g/mol. The quantitative estimate of drug-likeness (QED) is 0.647. The van der Waals surface area contributed by atoms with E-state index >= 15 is 0 Å². The van der Waals surface area contributed by atoms with E-state index in [9.17, 15) is 9.90 Å². The number of aromatic hydroxyl groups is 1. The fourth-order valence-corrected chi connectivity index (χ4v) is 1.75. The van der Waals surface area contributed by atoms with Crippen LogP contribution in [-0.4, -0.2) is 24.3 Å². The van der Waals surface area contributed by atoms with Crippen molar-refractivity contribution < 1.29 is 14.6 Å². The number of nitrogens with zero attached hydrogens (tertiary/aromatic N) is 1. The second kappa shape index (κ2) is 7.00. The number of halogens is 1. The van der Waals surface area contributed by atoms with Gasteiger partial charge in [0.05, 0.1) is 17.8 Å². The molecule has 5 nitrogen and oxygen atoms in total. The van der Waals surface area contributed by atoms with Gasteiger partial charge in [0, 0.05) is 6.42 Å². The van der Waals surface area contributed by atoms with Crippen molar-refractivity contribution in [3.63, 3.8) is 0 Å². The Morgan fingerprint density at radius 2 is 2.33 bits per heavy atom. The molecule has 0 heterocycles. The lowest BCUT2D eigenvalue weighted by Gasteiger charge is -2.06. The van der Waals surface area contributed by atoms with Crippen LogP contribution in [0.4, 0.5) is 0 Å². The molecule has 1 aromatic rings. The maximum atomic E-state index is 11.2. The molecule has 2 N–H and O–H groups in total. The molecule has 98 valence electrons. The number of carbonyl (C=O) groups excluding carboxylic acids is 1. The normalized spacial score (nSPS) is 10.6. The van der Waals surface area contributed by atoms with Gasteiger partial charge in [0.1, 0.15) is 0 Å². The maximum absolute atomic E-state index is 11.2. The van der Waals surface area contributed by atoms with Crippen LogP contribution in [0.25, 0.3) is 0 Å². The van der Waals surface area contributed by atoms with E-state index in [1.165, 1.54) is 13.3 Å². The van der Waals surface area contributed by atoms with Crippen LogP contribution in [0.2, 0.25) is 0 Å². The van der Waals surface area contributed by atoms with Gasteiger partial charge in [-0.15, -0.1) is 0 Å². The van der Waals surface area contributed by atoms with Gasteiger partial charge in [-0.25, -0.2) is 5.43 Å². The predicted octanol–water partition coefficient (Wildman–Crippen LogP) is 2.41. The van der Waals surface area contributed by atoms with Gasteiger partial charge >= 0.3 is 0 Å². The van der Waals surface area contributed by atoms with Crippen molar-refractivity contribution >= 4 is 28.1 Å². The fourth-order valence-electron chi connectivity index (χ4n) is 1.29. The van der Waals surface area contributed by atoms with Crippen molar-refractivity contribution in [3.8, 4) is 11.5 Å². The van der Waals surface area contributed by atoms with Crippen LogP contribution in [0.1, 0.15) is 25.3 Å². The second-order valence-corrected chi connectivity index (χ2v) is 4.45. The first kappa shape index (κ1) is 14.5. The Morgan fingerprint density at radius 1 is 1.61 bits per heavy atom. The highest BCUT2D eigenvalue weighted by molar-refractivity contribution is 9.10. The molecule has 0 spiro atoms. The molecule has 1 amide bonds. The van der Waals surface area contributed by atoms with Crippen LogP contribution in [0, 0.1) is 0 Å². The number of rotatable bonds is 5. The number of carbonyl (C=O) groups is 1. The van der Waals surface area contributed by atoms with Gasteiger partial charge in [-0.1, -0.05) is 6.92 Å². The highest BCUT2D eigenvalue weighted by Crippen LogP contribution is 2.34. The Morgan fingerprint density at radius 3 is 2.94 bits per heavy atom. The summed E-state index contributed by atoms with van der Waals surface area (Å²) in [5.74, 6) is 0.244. The molecule has 0 aliphatic heterocycles. The van der Waals surface area contributed by atoms with E-state index in [0.717, 1.165) is 6.42 Å². The third kappa shape index (κ3) is 4.03. The molecule has 0 saturated carbocycles. The van der Waals surface area contributed by atoms with Crippen molar-refractivity contribution in [3.05, 3.63) is 22.2 Å². The summed E-state index contributed by atoms with van der Waals surface area (Å²) in [7, 11) is 1.46. The zero-order chi connectivity index (χ0) is 13.5. The lowest BCUT2D eigenvalue weighted by Crippen LogP contribution is -2.16. The Labute approximate surface area is 114 Å². The van der Waals surface area contributed by atoms with E-state index in [0.29, 0.717) is 22.2 Å². The number of hydrazone groups is 1. The van der Waals surface area contributed by atoms with Gasteiger partial charge < -0.3 is 9.84 Å². The fraction of sp³-hybridized carbons (Fsp3) is 0.333. The van der Waals surface area contributed by atoms with Crippen molar-refractivity contribution in [2.75, 3.05) is 7.11 Å². The van der Waals surface area contributed by atoms with Crippen molar-refractivity contribution in [1.29, 1.82) is 0 Å². The molecule has 0 radical (unpaired) electrons. The van der Waals surface area contributed by atoms with E-state index in [1.807, 2.05) is 6.92 Å². The van der Waals surface area contributed by atoms with Crippen molar-refractivity contribution in [2.45, 2.75) is 19.8 Å². The molecule has 6 heteroatoms. The molecule has 0 fully saturated rings. The second-order valence-electron chi connectivity index (χ2n) is 3.60. The lowest BCUT2D eigenvalue weighted by atomic mass is 10.2. The number of hydrogen-bond acceptors (Lipinski definition) is 4. The average molecular weight is 315 g/mol. The summed E-state index contributed by atoms with van der Waals surface area (Å²) in [4.78, 5) is 11.2. The van der Waals surface area contributed by atoms with Crippen LogP contribution in [0.3, 0.4) is 0 Å². The number of benzene rings is 1. The van der Waals surface area contributed by atoms with Gasteiger partial charge in [-0.2, -0.15) is 5.10 Å². The van der Waals surface area contributed by atoms with Gasteiger partial charge in [-0.05, 0) is 40.0 Å². The number of amides is 1.